The van der Waals surface area contributed by atoms with Gasteiger partial charge in [0.25, 0.3) is 0 Å². The van der Waals surface area contributed by atoms with Gasteiger partial charge in [0.1, 0.15) is 17.7 Å². The average Bonchev–Trinajstić information content (AvgIpc) is 2.70. The summed E-state index contributed by atoms with van der Waals surface area (Å²) in [7, 11) is 0. The molecule has 2 fully saturated rings. The molecule has 2 N–H and O–H groups in total. The molecule has 0 bridgehead atoms. The number of carbonyl (C=O) groups excluding carboxylic acids is 3. The van der Waals surface area contributed by atoms with Crippen LogP contribution in [0.5, 0.6) is 0 Å². The highest BCUT2D eigenvalue weighted by Gasteiger charge is 2.36. The van der Waals surface area contributed by atoms with Crippen LogP contribution in [-0.2, 0) is 14.3 Å². The molecule has 24 heavy (non-hydrogen) atoms. The van der Waals surface area contributed by atoms with Gasteiger partial charge in [-0.15, -0.1) is 0 Å². The van der Waals surface area contributed by atoms with E-state index in [1.54, 1.807) is 20.8 Å². The summed E-state index contributed by atoms with van der Waals surface area (Å²) in [6.07, 6.45) is 4.32. The van der Waals surface area contributed by atoms with E-state index in [0.29, 0.717) is 25.9 Å². The summed E-state index contributed by atoms with van der Waals surface area (Å²) >= 11 is 0. The Hall–Kier alpha value is -1.79. The van der Waals surface area contributed by atoms with Gasteiger partial charge in [0.15, 0.2) is 0 Å². The van der Waals surface area contributed by atoms with E-state index in [4.69, 9.17) is 4.74 Å². The molecule has 0 unspecified atom stereocenters. The lowest BCUT2D eigenvalue weighted by atomic mass is 10.0. The third-order valence-electron chi connectivity index (χ3n) is 4.29. The lowest BCUT2D eigenvalue weighted by molar-refractivity contribution is -0.132. The number of nitrogens with one attached hydrogen (secondary N) is 2. The maximum atomic E-state index is 12.7. The number of rotatable bonds is 2. The fourth-order valence-electron chi connectivity index (χ4n) is 3.09. The number of hydrogen-bond donors (Lipinski definition) is 2. The Balaban J connectivity index is 2.01. The zero-order valence-corrected chi connectivity index (χ0v) is 14.9. The molecule has 2 aliphatic heterocycles. The van der Waals surface area contributed by atoms with Crippen molar-refractivity contribution in [2.24, 2.45) is 0 Å². The third-order valence-corrected chi connectivity index (χ3v) is 4.29. The predicted molar refractivity (Wildman–Crippen MR) is 89.4 cm³/mol. The highest BCUT2D eigenvalue weighted by molar-refractivity contribution is 5.91. The zero-order valence-electron chi connectivity index (χ0n) is 14.9. The minimum absolute atomic E-state index is 0.138. The number of hydrogen-bond acceptors (Lipinski definition) is 4. The van der Waals surface area contributed by atoms with Crippen LogP contribution in [0.25, 0.3) is 0 Å². The maximum absolute atomic E-state index is 12.7. The van der Waals surface area contributed by atoms with Gasteiger partial charge >= 0.3 is 6.09 Å². The number of piperidine rings is 1. The van der Waals surface area contributed by atoms with Crippen molar-refractivity contribution in [2.75, 3.05) is 13.1 Å². The van der Waals surface area contributed by atoms with E-state index >= 15 is 0 Å². The standard InChI is InChI=1S/C17H29N3O4/c1-17(2,3)24-16(23)20-11-7-5-9-13(20)15(22)19-12-8-4-6-10-18-14(12)21/h12-13H,4-11H2,1-3H3,(H,18,21)(H,19,22)/t12-,13+/m0/s1. The van der Waals surface area contributed by atoms with Gasteiger partial charge < -0.3 is 15.4 Å². The van der Waals surface area contributed by atoms with Crippen molar-refractivity contribution in [3.63, 3.8) is 0 Å². The second kappa shape index (κ2) is 7.85. The molecule has 136 valence electrons. The molecule has 2 atom stereocenters. The molecule has 0 aromatic rings. The van der Waals surface area contributed by atoms with Crippen LogP contribution < -0.4 is 10.6 Å². The van der Waals surface area contributed by atoms with Crippen molar-refractivity contribution in [2.45, 2.75) is 77.0 Å². The summed E-state index contributed by atoms with van der Waals surface area (Å²) in [5, 5.41) is 5.63. The van der Waals surface area contributed by atoms with E-state index in [2.05, 4.69) is 10.6 Å². The Morgan fingerprint density at radius 3 is 2.58 bits per heavy atom. The summed E-state index contributed by atoms with van der Waals surface area (Å²) in [6, 6.07) is -1.08. The lowest BCUT2D eigenvalue weighted by Gasteiger charge is -2.36. The van der Waals surface area contributed by atoms with E-state index in [9.17, 15) is 14.4 Å². The van der Waals surface area contributed by atoms with Gasteiger partial charge in [-0.25, -0.2) is 4.79 Å². The second-order valence-corrected chi connectivity index (χ2v) is 7.53. The highest BCUT2D eigenvalue weighted by atomic mass is 16.6. The van der Waals surface area contributed by atoms with Crippen LogP contribution in [0.1, 0.15) is 59.3 Å². The normalized spacial score (nSPS) is 25.5. The van der Waals surface area contributed by atoms with E-state index < -0.39 is 23.8 Å². The first kappa shape index (κ1) is 18.5. The van der Waals surface area contributed by atoms with Gasteiger partial charge in [-0.05, 0) is 59.3 Å². The van der Waals surface area contributed by atoms with E-state index in [1.807, 2.05) is 0 Å². The quantitative estimate of drug-likeness (QED) is 0.799. The van der Waals surface area contributed by atoms with Gasteiger partial charge in [-0.3, -0.25) is 14.5 Å². The number of carbonyl (C=O) groups is 3. The van der Waals surface area contributed by atoms with E-state index in [0.717, 1.165) is 25.7 Å². The number of amides is 3. The van der Waals surface area contributed by atoms with Crippen molar-refractivity contribution in [1.29, 1.82) is 0 Å². The molecule has 7 heteroatoms. The minimum atomic E-state index is -0.600. The Morgan fingerprint density at radius 2 is 1.88 bits per heavy atom. The van der Waals surface area contributed by atoms with Crippen LogP contribution in [0.2, 0.25) is 0 Å². The topological polar surface area (TPSA) is 87.7 Å². The van der Waals surface area contributed by atoms with Crippen LogP contribution in [0, 0.1) is 0 Å². The van der Waals surface area contributed by atoms with Gasteiger partial charge in [0.05, 0.1) is 0 Å². The first-order valence-electron chi connectivity index (χ1n) is 8.85. The summed E-state index contributed by atoms with van der Waals surface area (Å²) in [5.41, 5.74) is -0.600. The third kappa shape index (κ3) is 5.11. The monoisotopic (exact) mass is 339 g/mol. The molecule has 2 rings (SSSR count). The molecule has 2 heterocycles. The number of ether oxygens (including phenoxy) is 1. The van der Waals surface area contributed by atoms with Crippen LogP contribution in [0.3, 0.4) is 0 Å². The number of nitrogens with zero attached hydrogens (tertiary/aromatic N) is 1. The van der Waals surface area contributed by atoms with Crippen LogP contribution in [-0.4, -0.2) is 53.6 Å². The van der Waals surface area contributed by atoms with Crippen molar-refractivity contribution in [1.82, 2.24) is 15.5 Å². The highest BCUT2D eigenvalue weighted by Crippen LogP contribution is 2.21. The first-order chi connectivity index (χ1) is 11.3. The molecule has 3 amide bonds. The van der Waals surface area contributed by atoms with Crippen molar-refractivity contribution in [3.8, 4) is 0 Å². The molecule has 0 radical (unpaired) electrons. The predicted octanol–water partition coefficient (Wildman–Crippen LogP) is 1.56. The van der Waals surface area contributed by atoms with Crippen LogP contribution >= 0.6 is 0 Å². The molecule has 2 aliphatic rings. The molecule has 0 spiro atoms. The molecular formula is C17H29N3O4. The maximum Gasteiger partial charge on any atom is 0.410 e. The summed E-state index contributed by atoms with van der Waals surface area (Å²) in [5.74, 6) is -0.400. The fraction of sp³-hybridized carbons (Fsp3) is 0.824. The SMILES string of the molecule is CC(C)(C)OC(=O)N1CCCC[C@@H]1C(=O)N[C@H]1CCCCNC1=O. The summed E-state index contributed by atoms with van der Waals surface area (Å²) in [4.78, 5) is 38.6. The minimum Gasteiger partial charge on any atom is -0.444 e. The van der Waals surface area contributed by atoms with Gasteiger partial charge in [-0.2, -0.15) is 0 Å². The Morgan fingerprint density at radius 1 is 1.17 bits per heavy atom. The van der Waals surface area contributed by atoms with Gasteiger partial charge in [0.2, 0.25) is 11.8 Å². The van der Waals surface area contributed by atoms with Crippen molar-refractivity contribution >= 4 is 17.9 Å². The molecule has 7 nitrogen and oxygen atoms in total. The molecule has 0 aliphatic carbocycles. The Bertz CT molecular complexity index is 487. The molecule has 0 saturated carbocycles. The van der Waals surface area contributed by atoms with Crippen LogP contribution in [0.15, 0.2) is 0 Å². The number of likely N-dealkylation sites (tertiary alicyclic amines) is 1. The van der Waals surface area contributed by atoms with Gasteiger partial charge in [-0.1, -0.05) is 0 Å². The van der Waals surface area contributed by atoms with Crippen molar-refractivity contribution in [3.05, 3.63) is 0 Å². The summed E-state index contributed by atoms with van der Waals surface area (Å²) < 4.78 is 5.42. The smallest absolute Gasteiger partial charge is 0.410 e. The zero-order chi connectivity index (χ0) is 17.7. The molecule has 0 aromatic heterocycles. The lowest BCUT2D eigenvalue weighted by Crippen LogP contribution is -2.56. The molecule has 0 aromatic carbocycles. The summed E-state index contributed by atoms with van der Waals surface area (Å²) in [6.45, 7) is 6.57. The van der Waals surface area contributed by atoms with Crippen molar-refractivity contribution < 1.29 is 19.1 Å². The second-order valence-electron chi connectivity index (χ2n) is 7.53. The fourth-order valence-corrected chi connectivity index (χ4v) is 3.09. The largest absolute Gasteiger partial charge is 0.444 e. The van der Waals surface area contributed by atoms with E-state index in [1.165, 1.54) is 4.90 Å². The first-order valence-corrected chi connectivity index (χ1v) is 8.85. The van der Waals surface area contributed by atoms with Gasteiger partial charge in [0, 0.05) is 13.1 Å². The Kier molecular flexibility index (Phi) is 6.07. The Labute approximate surface area is 143 Å². The van der Waals surface area contributed by atoms with Crippen LogP contribution in [0.4, 0.5) is 4.79 Å². The molecule has 2 saturated heterocycles. The molecular weight excluding hydrogens is 310 g/mol. The average molecular weight is 339 g/mol. The van der Waals surface area contributed by atoms with E-state index in [-0.39, 0.29) is 11.8 Å².